The van der Waals surface area contributed by atoms with Gasteiger partial charge in [-0.2, -0.15) is 0 Å². The Hall–Kier alpha value is -4.22. The number of hydrogen-bond acceptors (Lipinski definition) is 3. The smallest absolute Gasteiger partial charge is 0.251 e. The number of nitrogens with one attached hydrogen (secondary N) is 2. The Balaban J connectivity index is 1.22. The highest BCUT2D eigenvalue weighted by Gasteiger charge is 2.08. The molecule has 0 aliphatic rings. The molecule has 0 atom stereocenters. The summed E-state index contributed by atoms with van der Waals surface area (Å²) in [5.74, 6) is -0.145. The number of fused-ring (bicyclic) bond motifs is 1. The van der Waals surface area contributed by atoms with Gasteiger partial charge in [0.2, 0.25) is 0 Å². The number of aromatic amines is 1. The lowest BCUT2D eigenvalue weighted by Crippen LogP contribution is -2.23. The van der Waals surface area contributed by atoms with E-state index in [2.05, 4.69) is 27.4 Å². The van der Waals surface area contributed by atoms with Gasteiger partial charge in [0.05, 0.1) is 12.2 Å². The van der Waals surface area contributed by atoms with Gasteiger partial charge in [-0.25, -0.2) is 0 Å². The molecule has 0 radical (unpaired) electrons. The number of carbonyl (C=O) groups is 1. The number of amides is 1. The maximum absolute atomic E-state index is 12.8. The number of pyridine rings is 2. The molecule has 5 aromatic rings. The highest BCUT2D eigenvalue weighted by molar-refractivity contribution is 6.31. The highest BCUT2D eigenvalue weighted by atomic mass is 35.5. The number of carbonyl (C=O) groups excluding carboxylic acids is 1. The topological polar surface area (TPSA) is 74.8 Å². The van der Waals surface area contributed by atoms with Crippen LogP contribution in [-0.4, -0.2) is 15.9 Å². The summed E-state index contributed by atoms with van der Waals surface area (Å²) in [7, 11) is 0. The zero-order valence-electron chi connectivity index (χ0n) is 19.5. The van der Waals surface area contributed by atoms with Crippen molar-refractivity contribution in [2.45, 2.75) is 19.4 Å². The summed E-state index contributed by atoms with van der Waals surface area (Å²) in [6.45, 7) is 0.331. The van der Waals surface area contributed by atoms with Gasteiger partial charge >= 0.3 is 0 Å². The summed E-state index contributed by atoms with van der Waals surface area (Å²) in [4.78, 5) is 31.9. The van der Waals surface area contributed by atoms with E-state index < -0.39 is 0 Å². The van der Waals surface area contributed by atoms with Gasteiger partial charge < -0.3 is 10.3 Å². The summed E-state index contributed by atoms with van der Waals surface area (Å²) in [5, 5.41) is 5.62. The summed E-state index contributed by atoms with van der Waals surface area (Å²) in [6.07, 6.45) is 4.72. The van der Waals surface area contributed by atoms with Crippen molar-refractivity contribution in [3.63, 3.8) is 0 Å². The van der Waals surface area contributed by atoms with Crippen LogP contribution in [0, 0.1) is 0 Å². The Morgan fingerprint density at radius 1 is 0.833 bits per heavy atom. The van der Waals surface area contributed by atoms with E-state index in [0.717, 1.165) is 38.7 Å². The molecular weight excluding hydrogens is 470 g/mol. The van der Waals surface area contributed by atoms with Crippen molar-refractivity contribution in [2.24, 2.45) is 0 Å². The third-order valence-corrected chi connectivity index (χ3v) is 6.32. The quantitative estimate of drug-likeness (QED) is 0.306. The molecule has 6 heteroatoms. The van der Waals surface area contributed by atoms with Gasteiger partial charge in [0, 0.05) is 40.4 Å². The standard InChI is InChI=1S/C30H24ClN3O2/c31-27-11-10-25-18-33-28(17-26(25)16-27)19-34-30(36)23-4-1-3-22(15-23)13-20-6-8-21(9-7-20)14-24-5-2-12-32-29(24)35/h1-12,15-18H,13-14,19H2,(H,32,35)(H,34,36). The molecule has 0 fully saturated rings. The van der Waals surface area contributed by atoms with Crippen LogP contribution in [0.3, 0.4) is 0 Å². The maximum atomic E-state index is 12.8. The first-order chi connectivity index (χ1) is 17.5. The minimum absolute atomic E-state index is 0.0579. The van der Waals surface area contributed by atoms with E-state index in [4.69, 9.17) is 11.6 Å². The second-order valence-corrected chi connectivity index (χ2v) is 9.18. The fourth-order valence-electron chi connectivity index (χ4n) is 4.18. The molecule has 0 saturated carbocycles. The molecule has 2 N–H and O–H groups in total. The largest absolute Gasteiger partial charge is 0.346 e. The molecule has 0 bridgehead atoms. The zero-order chi connectivity index (χ0) is 24.9. The molecule has 2 heterocycles. The Morgan fingerprint density at radius 3 is 2.44 bits per heavy atom. The van der Waals surface area contributed by atoms with Crippen LogP contribution in [0.2, 0.25) is 5.02 Å². The second-order valence-electron chi connectivity index (χ2n) is 8.74. The fourth-order valence-corrected chi connectivity index (χ4v) is 4.36. The van der Waals surface area contributed by atoms with Crippen molar-refractivity contribution in [2.75, 3.05) is 0 Å². The van der Waals surface area contributed by atoms with Crippen molar-refractivity contribution in [1.29, 1.82) is 0 Å². The summed E-state index contributed by atoms with van der Waals surface area (Å²) in [6, 6.07) is 27.1. The van der Waals surface area contributed by atoms with Crippen LogP contribution in [-0.2, 0) is 19.4 Å². The number of rotatable bonds is 7. The van der Waals surface area contributed by atoms with Crippen molar-refractivity contribution in [3.05, 3.63) is 146 Å². The van der Waals surface area contributed by atoms with E-state index in [9.17, 15) is 9.59 Å². The number of halogens is 1. The van der Waals surface area contributed by atoms with E-state index in [0.29, 0.717) is 30.0 Å². The monoisotopic (exact) mass is 493 g/mol. The molecule has 5 rings (SSSR count). The molecule has 0 saturated heterocycles. The summed E-state index contributed by atoms with van der Waals surface area (Å²) in [5.41, 5.74) is 5.33. The van der Waals surface area contributed by atoms with Crippen molar-refractivity contribution >= 4 is 28.3 Å². The number of nitrogens with zero attached hydrogens (tertiary/aromatic N) is 1. The van der Waals surface area contributed by atoms with Crippen LogP contribution in [0.5, 0.6) is 0 Å². The highest BCUT2D eigenvalue weighted by Crippen LogP contribution is 2.19. The average molecular weight is 494 g/mol. The predicted octanol–water partition coefficient (Wildman–Crippen LogP) is 5.69. The molecule has 0 aliphatic heterocycles. The van der Waals surface area contributed by atoms with E-state index in [1.165, 1.54) is 0 Å². The molecule has 5 nitrogen and oxygen atoms in total. The van der Waals surface area contributed by atoms with Crippen LogP contribution in [0.1, 0.15) is 38.3 Å². The lowest BCUT2D eigenvalue weighted by atomic mass is 9.99. The number of H-pyrrole nitrogens is 1. The second kappa shape index (κ2) is 10.6. The van der Waals surface area contributed by atoms with E-state index in [-0.39, 0.29) is 11.5 Å². The molecule has 0 spiro atoms. The van der Waals surface area contributed by atoms with Crippen LogP contribution in [0.4, 0.5) is 0 Å². The van der Waals surface area contributed by atoms with Crippen LogP contribution < -0.4 is 10.9 Å². The van der Waals surface area contributed by atoms with Gasteiger partial charge in [-0.15, -0.1) is 0 Å². The molecular formula is C30H24ClN3O2. The Labute approximate surface area is 213 Å². The molecule has 36 heavy (non-hydrogen) atoms. The van der Waals surface area contributed by atoms with Crippen molar-refractivity contribution in [3.8, 4) is 0 Å². The summed E-state index contributed by atoms with van der Waals surface area (Å²) >= 11 is 6.09. The number of benzene rings is 3. The van der Waals surface area contributed by atoms with Crippen molar-refractivity contribution < 1.29 is 4.79 Å². The average Bonchev–Trinajstić information content (AvgIpc) is 2.89. The van der Waals surface area contributed by atoms with Crippen LogP contribution >= 0.6 is 11.6 Å². The Kier molecular flexibility index (Phi) is 6.92. The number of hydrogen-bond donors (Lipinski definition) is 2. The first kappa shape index (κ1) is 23.5. The van der Waals surface area contributed by atoms with Gasteiger partial charge in [-0.05, 0) is 64.9 Å². The van der Waals surface area contributed by atoms with Gasteiger partial charge in [0.25, 0.3) is 11.5 Å². The maximum Gasteiger partial charge on any atom is 0.251 e. The van der Waals surface area contributed by atoms with Crippen molar-refractivity contribution in [1.82, 2.24) is 15.3 Å². The minimum Gasteiger partial charge on any atom is -0.346 e. The molecule has 0 aliphatic carbocycles. The summed E-state index contributed by atoms with van der Waals surface area (Å²) < 4.78 is 0. The van der Waals surface area contributed by atoms with Gasteiger partial charge in [0.15, 0.2) is 0 Å². The van der Waals surface area contributed by atoms with E-state index in [1.54, 1.807) is 12.4 Å². The number of aromatic nitrogens is 2. The first-order valence-corrected chi connectivity index (χ1v) is 12.1. The Bertz CT molecular complexity index is 1590. The normalized spacial score (nSPS) is 10.9. The van der Waals surface area contributed by atoms with E-state index >= 15 is 0 Å². The van der Waals surface area contributed by atoms with Crippen LogP contribution in [0.25, 0.3) is 10.8 Å². The molecule has 3 aromatic carbocycles. The third kappa shape index (κ3) is 5.70. The lowest BCUT2D eigenvalue weighted by molar-refractivity contribution is 0.0950. The minimum atomic E-state index is -0.145. The fraction of sp³-hybridized carbons (Fsp3) is 0.100. The molecule has 1 amide bonds. The zero-order valence-corrected chi connectivity index (χ0v) is 20.3. The third-order valence-electron chi connectivity index (χ3n) is 6.09. The Morgan fingerprint density at radius 2 is 1.64 bits per heavy atom. The lowest BCUT2D eigenvalue weighted by Gasteiger charge is -2.09. The molecule has 0 unspecified atom stereocenters. The van der Waals surface area contributed by atoms with Gasteiger partial charge in [-0.1, -0.05) is 60.1 Å². The van der Waals surface area contributed by atoms with Crippen LogP contribution in [0.15, 0.2) is 102 Å². The van der Waals surface area contributed by atoms with Gasteiger partial charge in [-0.3, -0.25) is 14.6 Å². The first-order valence-electron chi connectivity index (χ1n) is 11.7. The molecule has 2 aromatic heterocycles. The molecule has 178 valence electrons. The predicted molar refractivity (Wildman–Crippen MR) is 143 cm³/mol. The SMILES string of the molecule is O=C(NCc1cc2cc(Cl)ccc2cn1)c1cccc(Cc2ccc(Cc3ccc[nH]c3=O)cc2)c1. The van der Waals surface area contributed by atoms with E-state index in [1.807, 2.05) is 72.8 Å². The van der Waals surface area contributed by atoms with Gasteiger partial charge in [0.1, 0.15) is 0 Å².